The van der Waals surface area contributed by atoms with E-state index in [1.165, 1.54) is 5.56 Å². The molecule has 4 nitrogen and oxygen atoms in total. The number of rotatable bonds is 3. The van der Waals surface area contributed by atoms with Gasteiger partial charge in [0.15, 0.2) is 0 Å². The van der Waals surface area contributed by atoms with Crippen LogP contribution in [-0.2, 0) is 31.9 Å². The maximum atomic E-state index is 10.4. The van der Waals surface area contributed by atoms with Crippen molar-refractivity contribution >= 4 is 11.1 Å². The summed E-state index contributed by atoms with van der Waals surface area (Å²) in [6.45, 7) is 13.2. The summed E-state index contributed by atoms with van der Waals surface area (Å²) in [6, 6.07) is 25.3. The van der Waals surface area contributed by atoms with E-state index in [1.54, 1.807) is 18.3 Å². The minimum absolute atomic E-state index is 0. The van der Waals surface area contributed by atoms with E-state index in [9.17, 15) is 5.11 Å². The van der Waals surface area contributed by atoms with E-state index in [0.29, 0.717) is 17.0 Å². The fourth-order valence-electron chi connectivity index (χ4n) is 4.25. The summed E-state index contributed by atoms with van der Waals surface area (Å²) in [5.74, 6) is 0.535. The fraction of sp³-hybridized carbons (Fsp3) is 0.250. The van der Waals surface area contributed by atoms with Crippen LogP contribution in [0, 0.1) is 6.07 Å². The summed E-state index contributed by atoms with van der Waals surface area (Å²) in [5, 5.41) is 10.4. The van der Waals surface area contributed by atoms with Crippen LogP contribution in [0.3, 0.4) is 0 Å². The van der Waals surface area contributed by atoms with Crippen LogP contribution in [-0.4, -0.2) is 15.1 Å². The predicted octanol–water partition coefficient (Wildman–Crippen LogP) is 8.32. The van der Waals surface area contributed by atoms with Crippen LogP contribution in [0.25, 0.3) is 44.9 Å². The van der Waals surface area contributed by atoms with E-state index in [-0.39, 0.29) is 37.6 Å². The summed E-state index contributed by atoms with van der Waals surface area (Å²) in [5.41, 5.74) is 7.87. The van der Waals surface area contributed by atoms with Crippen molar-refractivity contribution in [1.82, 2.24) is 9.97 Å². The van der Waals surface area contributed by atoms with Crippen molar-refractivity contribution < 1.29 is 30.6 Å². The van der Waals surface area contributed by atoms with Crippen molar-refractivity contribution in [2.75, 3.05) is 0 Å². The van der Waals surface area contributed by atoms with Gasteiger partial charge in [-0.3, -0.25) is 4.98 Å². The molecular formula is C32H31N2O2Pt-. The third-order valence-corrected chi connectivity index (χ3v) is 6.46. The molecular weight excluding hydrogens is 639 g/mol. The molecule has 0 unspecified atom stereocenters. The Morgan fingerprint density at radius 1 is 0.757 bits per heavy atom. The molecule has 0 bridgehead atoms. The first-order valence-electron chi connectivity index (χ1n) is 12.2. The van der Waals surface area contributed by atoms with Gasteiger partial charge in [-0.15, -0.1) is 29.3 Å². The number of phenols is 1. The summed E-state index contributed by atoms with van der Waals surface area (Å²) in [7, 11) is 0. The van der Waals surface area contributed by atoms with Crippen LogP contribution >= 0.6 is 0 Å². The molecule has 0 fully saturated rings. The smallest absolute Gasteiger partial charge is 0.230 e. The minimum Gasteiger partial charge on any atom is -0.507 e. The van der Waals surface area contributed by atoms with Crippen LogP contribution in [0.4, 0.5) is 0 Å². The molecule has 37 heavy (non-hydrogen) atoms. The molecule has 2 heterocycles. The topological polar surface area (TPSA) is 59.2 Å². The van der Waals surface area contributed by atoms with E-state index >= 15 is 0 Å². The Labute approximate surface area is 233 Å². The van der Waals surface area contributed by atoms with Crippen LogP contribution in [0.15, 0.2) is 77.3 Å². The van der Waals surface area contributed by atoms with Crippen molar-refractivity contribution in [3.8, 4) is 39.6 Å². The standard InChI is InChI=1S/C32H31N2O2.Pt/c1-31(2,3)22-16-20(15-21(17-22)26-12-9-10-14-33-26)25-18-23(32(4,5)6)19-28-29(25)34-30(36-28)24-11-7-8-13-27(24)35;/h7-14,16-19,35H,1-6H3;/q-1;. The molecule has 5 rings (SSSR count). The molecule has 192 valence electrons. The average Bonchev–Trinajstić information content (AvgIpc) is 3.27. The predicted molar refractivity (Wildman–Crippen MR) is 146 cm³/mol. The molecule has 3 aromatic carbocycles. The van der Waals surface area contributed by atoms with E-state index in [0.717, 1.165) is 33.5 Å². The van der Waals surface area contributed by atoms with Gasteiger partial charge in [0.25, 0.3) is 0 Å². The van der Waals surface area contributed by atoms with E-state index < -0.39 is 0 Å². The van der Waals surface area contributed by atoms with Crippen LogP contribution in [0.5, 0.6) is 5.75 Å². The van der Waals surface area contributed by atoms with Crippen LogP contribution < -0.4 is 0 Å². The molecule has 0 atom stereocenters. The summed E-state index contributed by atoms with van der Waals surface area (Å²) in [4.78, 5) is 9.46. The maximum absolute atomic E-state index is 10.4. The second kappa shape index (κ2) is 9.91. The molecule has 0 aliphatic heterocycles. The third kappa shape index (κ3) is 5.40. The number of pyridine rings is 1. The van der Waals surface area contributed by atoms with Crippen molar-refractivity contribution in [2.24, 2.45) is 0 Å². The summed E-state index contributed by atoms with van der Waals surface area (Å²) in [6.07, 6.45) is 1.81. The molecule has 0 aliphatic carbocycles. The molecule has 2 aromatic heterocycles. The number of benzene rings is 3. The van der Waals surface area contributed by atoms with Crippen molar-refractivity contribution in [3.63, 3.8) is 0 Å². The second-order valence-electron chi connectivity index (χ2n) is 11.3. The van der Waals surface area contributed by atoms with Gasteiger partial charge in [0.05, 0.1) is 11.1 Å². The Kier molecular flexibility index (Phi) is 7.18. The van der Waals surface area contributed by atoms with Gasteiger partial charge in [0.1, 0.15) is 11.3 Å². The molecule has 0 aliphatic rings. The molecule has 5 aromatic rings. The van der Waals surface area contributed by atoms with Gasteiger partial charge in [0, 0.05) is 33.0 Å². The Balaban J connectivity index is 0.00000320. The molecule has 1 N–H and O–H groups in total. The number of para-hydroxylation sites is 1. The summed E-state index contributed by atoms with van der Waals surface area (Å²) < 4.78 is 6.25. The SMILES string of the molecule is CC(C)(C)c1cc(-c2ccccn2)[c-]c(-c2cc(C(C)(C)C)cc3oc(-c4ccccc4O)nc23)c1.[Pt]. The fourth-order valence-corrected chi connectivity index (χ4v) is 4.25. The van der Waals surface area contributed by atoms with Crippen molar-refractivity contribution in [3.05, 3.63) is 90.1 Å². The van der Waals surface area contributed by atoms with E-state index in [1.807, 2.05) is 30.3 Å². The number of fused-ring (bicyclic) bond motifs is 1. The van der Waals surface area contributed by atoms with Gasteiger partial charge in [-0.05, 0) is 40.7 Å². The van der Waals surface area contributed by atoms with Gasteiger partial charge in [-0.1, -0.05) is 83.0 Å². The minimum atomic E-state index is -0.101. The number of aromatic hydroxyl groups is 1. The Morgan fingerprint density at radius 3 is 2.05 bits per heavy atom. The average molecular weight is 671 g/mol. The van der Waals surface area contributed by atoms with Crippen LogP contribution in [0.1, 0.15) is 52.7 Å². The quantitative estimate of drug-likeness (QED) is 0.196. The molecule has 0 radical (unpaired) electrons. The zero-order chi connectivity index (χ0) is 25.7. The number of phenolic OH excluding ortho intramolecular Hbond substituents is 1. The largest absolute Gasteiger partial charge is 0.507 e. The zero-order valence-corrected chi connectivity index (χ0v) is 24.3. The maximum Gasteiger partial charge on any atom is 0.230 e. The number of oxazole rings is 1. The zero-order valence-electron chi connectivity index (χ0n) is 22.0. The summed E-state index contributed by atoms with van der Waals surface area (Å²) >= 11 is 0. The van der Waals surface area contributed by atoms with Gasteiger partial charge in [0.2, 0.25) is 5.89 Å². The second-order valence-corrected chi connectivity index (χ2v) is 11.3. The Bertz CT molecular complexity index is 1560. The first-order chi connectivity index (χ1) is 17.0. The molecule has 5 heteroatoms. The first kappa shape index (κ1) is 26.8. The third-order valence-electron chi connectivity index (χ3n) is 6.46. The van der Waals surface area contributed by atoms with Gasteiger partial charge in [-0.2, -0.15) is 0 Å². The Hall–Kier alpha value is -3.23. The number of hydrogen-bond donors (Lipinski definition) is 1. The normalized spacial score (nSPS) is 11.9. The molecule has 0 saturated carbocycles. The number of hydrogen-bond acceptors (Lipinski definition) is 4. The molecule has 0 spiro atoms. The van der Waals surface area contributed by atoms with Gasteiger partial charge in [-0.25, -0.2) is 4.98 Å². The number of aromatic nitrogens is 2. The molecule has 0 saturated heterocycles. The van der Waals surface area contributed by atoms with E-state index in [4.69, 9.17) is 9.40 Å². The van der Waals surface area contributed by atoms with Gasteiger partial charge < -0.3 is 9.52 Å². The first-order valence-corrected chi connectivity index (χ1v) is 12.2. The van der Waals surface area contributed by atoms with E-state index in [2.05, 4.69) is 76.9 Å². The Morgan fingerprint density at radius 2 is 1.41 bits per heavy atom. The molecule has 0 amide bonds. The van der Waals surface area contributed by atoms with Gasteiger partial charge >= 0.3 is 0 Å². The van der Waals surface area contributed by atoms with Crippen LogP contribution in [0.2, 0.25) is 0 Å². The number of nitrogens with zero attached hydrogens (tertiary/aromatic N) is 2. The van der Waals surface area contributed by atoms with Crippen molar-refractivity contribution in [1.29, 1.82) is 0 Å². The monoisotopic (exact) mass is 670 g/mol. The van der Waals surface area contributed by atoms with Crippen molar-refractivity contribution in [2.45, 2.75) is 52.4 Å².